The second-order valence-corrected chi connectivity index (χ2v) is 6.18. The van der Waals surface area contributed by atoms with E-state index in [0.717, 1.165) is 23.3 Å². The molecule has 0 radical (unpaired) electrons. The van der Waals surface area contributed by atoms with E-state index in [1.807, 2.05) is 0 Å². The van der Waals surface area contributed by atoms with Crippen LogP contribution in [-0.4, -0.2) is 21.7 Å². The zero-order chi connectivity index (χ0) is 20.9. The normalized spacial score (nSPS) is 11.6. The summed E-state index contributed by atoms with van der Waals surface area (Å²) in [6.07, 6.45) is 1.73. The topological polar surface area (TPSA) is 74.8 Å². The fourth-order valence-corrected chi connectivity index (χ4v) is 2.53. The highest BCUT2D eigenvalue weighted by atomic mass is 19.4. The Balaban J connectivity index is 1.55. The third-order valence-electron chi connectivity index (χ3n) is 4.00. The molecule has 1 amide bonds. The molecule has 1 heterocycles. The average molecular weight is 399 g/mol. The lowest BCUT2D eigenvalue weighted by Crippen LogP contribution is -2.14. The number of hydrogen-bond acceptors (Lipinski definition) is 3. The number of H-pyrrole nitrogens is 1. The smallest absolute Gasteiger partial charge is 0.342 e. The Labute approximate surface area is 164 Å². The molecule has 5 nitrogen and oxygen atoms in total. The molecule has 0 bridgehead atoms. The van der Waals surface area contributed by atoms with Crippen molar-refractivity contribution >= 4 is 23.5 Å². The Kier molecular flexibility index (Phi) is 5.92. The summed E-state index contributed by atoms with van der Waals surface area (Å²) in [7, 11) is 0. The van der Waals surface area contributed by atoms with Crippen LogP contribution in [0.25, 0.3) is 6.08 Å². The van der Waals surface area contributed by atoms with Crippen LogP contribution in [0.3, 0.4) is 0 Å². The third-order valence-corrected chi connectivity index (χ3v) is 4.00. The first-order valence-corrected chi connectivity index (χ1v) is 8.59. The maximum atomic E-state index is 12.6. The maximum Gasteiger partial charge on any atom is 0.416 e. The number of benzene rings is 2. The van der Waals surface area contributed by atoms with Crippen LogP contribution in [0.15, 0.2) is 67.0 Å². The summed E-state index contributed by atoms with van der Waals surface area (Å²) in [6, 6.07) is 11.3. The van der Waals surface area contributed by atoms with Crippen molar-refractivity contribution in [2.75, 3.05) is 5.32 Å². The van der Waals surface area contributed by atoms with Gasteiger partial charge in [-0.1, -0.05) is 30.3 Å². The van der Waals surface area contributed by atoms with Gasteiger partial charge in [0, 0.05) is 18.1 Å². The summed E-state index contributed by atoms with van der Waals surface area (Å²) in [4.78, 5) is 30.5. The first-order chi connectivity index (χ1) is 13.8. The monoisotopic (exact) mass is 399 g/mol. The maximum absolute atomic E-state index is 12.6. The number of nitrogens with one attached hydrogen (secondary N) is 2. The van der Waals surface area contributed by atoms with Crippen molar-refractivity contribution in [2.45, 2.75) is 12.6 Å². The highest BCUT2D eigenvalue weighted by molar-refractivity contribution is 6.04. The molecule has 0 aliphatic heterocycles. The van der Waals surface area contributed by atoms with Gasteiger partial charge in [-0.2, -0.15) is 13.2 Å². The minimum absolute atomic E-state index is 0.0658. The predicted octanol–water partition coefficient (Wildman–Crippen LogP) is 4.51. The minimum Gasteiger partial charge on any atom is -0.342 e. The Morgan fingerprint density at radius 3 is 2.31 bits per heavy atom. The van der Waals surface area contributed by atoms with Gasteiger partial charge in [-0.3, -0.25) is 9.59 Å². The molecule has 0 saturated carbocycles. The van der Waals surface area contributed by atoms with Crippen LogP contribution in [0, 0.1) is 0 Å². The third kappa shape index (κ3) is 5.65. The second kappa shape index (κ2) is 8.55. The molecule has 0 unspecified atom stereocenters. The van der Waals surface area contributed by atoms with E-state index < -0.39 is 11.7 Å². The van der Waals surface area contributed by atoms with E-state index in [0.29, 0.717) is 5.69 Å². The van der Waals surface area contributed by atoms with Crippen molar-refractivity contribution in [3.05, 3.63) is 89.5 Å². The molecule has 3 rings (SSSR count). The number of carbonyl (C=O) groups excluding carboxylic acids is 2. The molecule has 0 spiro atoms. The van der Waals surface area contributed by atoms with Crippen molar-refractivity contribution in [3.63, 3.8) is 0 Å². The lowest BCUT2D eigenvalue weighted by atomic mass is 10.1. The number of anilines is 1. The number of hydrogen-bond donors (Lipinski definition) is 2. The lowest BCUT2D eigenvalue weighted by molar-refractivity contribution is -0.137. The molecule has 148 valence electrons. The van der Waals surface area contributed by atoms with E-state index in [9.17, 15) is 22.8 Å². The molecule has 0 aliphatic rings. The van der Waals surface area contributed by atoms with Crippen LogP contribution >= 0.6 is 0 Å². The number of halogens is 3. The molecule has 3 aromatic rings. The van der Waals surface area contributed by atoms with E-state index in [-0.39, 0.29) is 23.9 Å². The van der Waals surface area contributed by atoms with Crippen molar-refractivity contribution in [1.82, 2.24) is 9.97 Å². The quantitative estimate of drug-likeness (QED) is 0.473. The molecule has 1 aromatic heterocycles. The molecule has 2 aromatic carbocycles. The summed E-state index contributed by atoms with van der Waals surface area (Å²) in [6.45, 7) is 0. The Bertz CT molecular complexity index is 1010. The number of amides is 1. The SMILES string of the molecule is O=C(Cc1ccc(C=CC(=O)c2ncc[nH]2)cc1)Nc1ccc(C(F)(F)F)cc1. The van der Waals surface area contributed by atoms with Crippen LogP contribution < -0.4 is 5.32 Å². The van der Waals surface area contributed by atoms with Crippen molar-refractivity contribution in [2.24, 2.45) is 0 Å². The lowest BCUT2D eigenvalue weighted by Gasteiger charge is -2.09. The molecule has 0 fully saturated rings. The number of rotatable bonds is 6. The number of allylic oxidation sites excluding steroid dienone is 1. The highest BCUT2D eigenvalue weighted by Gasteiger charge is 2.29. The Morgan fingerprint density at radius 1 is 1.03 bits per heavy atom. The fraction of sp³-hybridized carbons (Fsp3) is 0.0952. The number of carbonyl (C=O) groups is 2. The van der Waals surface area contributed by atoms with E-state index in [2.05, 4.69) is 15.3 Å². The van der Waals surface area contributed by atoms with Crippen LogP contribution in [0.5, 0.6) is 0 Å². The van der Waals surface area contributed by atoms with E-state index in [1.54, 1.807) is 36.5 Å². The summed E-state index contributed by atoms with van der Waals surface area (Å²) in [5.74, 6) is -0.353. The standard InChI is InChI=1S/C21H16F3N3O2/c22-21(23,24)16-6-8-17(9-7-16)27-19(29)13-15-3-1-14(2-4-15)5-10-18(28)20-25-11-12-26-20/h1-12H,13H2,(H,25,26)(H,27,29). The molecule has 2 N–H and O–H groups in total. The molecule has 8 heteroatoms. The average Bonchev–Trinajstić information content (AvgIpc) is 3.22. The second-order valence-electron chi connectivity index (χ2n) is 6.18. The van der Waals surface area contributed by atoms with Gasteiger partial charge < -0.3 is 10.3 Å². The Hall–Kier alpha value is -3.68. The molecule has 0 saturated heterocycles. The zero-order valence-electron chi connectivity index (χ0n) is 15.0. The number of ketones is 1. The van der Waals surface area contributed by atoms with Gasteiger partial charge in [-0.05, 0) is 41.5 Å². The summed E-state index contributed by atoms with van der Waals surface area (Å²) in [5, 5.41) is 2.56. The zero-order valence-corrected chi connectivity index (χ0v) is 15.0. The van der Waals surface area contributed by atoms with Gasteiger partial charge >= 0.3 is 6.18 Å². The number of nitrogens with zero attached hydrogens (tertiary/aromatic N) is 1. The van der Waals surface area contributed by atoms with Gasteiger partial charge in [-0.25, -0.2) is 4.98 Å². The molecule has 0 aliphatic carbocycles. The number of aromatic nitrogens is 2. The van der Waals surface area contributed by atoms with Crippen LogP contribution in [-0.2, 0) is 17.4 Å². The number of alkyl halides is 3. The summed E-state index contributed by atoms with van der Waals surface area (Å²) < 4.78 is 37.7. The van der Waals surface area contributed by atoms with Gasteiger partial charge in [0.2, 0.25) is 11.7 Å². The van der Waals surface area contributed by atoms with Gasteiger partial charge in [0.1, 0.15) is 0 Å². The number of aromatic amines is 1. The van der Waals surface area contributed by atoms with Crippen LogP contribution in [0.2, 0.25) is 0 Å². The van der Waals surface area contributed by atoms with Crippen LogP contribution in [0.1, 0.15) is 27.3 Å². The van der Waals surface area contributed by atoms with Gasteiger partial charge in [0.15, 0.2) is 5.82 Å². The van der Waals surface area contributed by atoms with Gasteiger partial charge in [0.05, 0.1) is 12.0 Å². The van der Waals surface area contributed by atoms with E-state index in [4.69, 9.17) is 0 Å². The van der Waals surface area contributed by atoms with Crippen molar-refractivity contribution in [1.29, 1.82) is 0 Å². The van der Waals surface area contributed by atoms with Crippen LogP contribution in [0.4, 0.5) is 18.9 Å². The summed E-state index contributed by atoms with van der Waals surface area (Å²) >= 11 is 0. The van der Waals surface area contributed by atoms with Gasteiger partial charge in [0.25, 0.3) is 0 Å². The molecular formula is C21H16F3N3O2. The largest absolute Gasteiger partial charge is 0.416 e. The summed E-state index contributed by atoms with van der Waals surface area (Å²) in [5.41, 5.74) is 1.02. The fourth-order valence-electron chi connectivity index (χ4n) is 2.53. The molecule has 0 atom stereocenters. The minimum atomic E-state index is -4.42. The van der Waals surface area contributed by atoms with E-state index >= 15 is 0 Å². The first kappa shape index (κ1) is 20.1. The molecular weight excluding hydrogens is 383 g/mol. The predicted molar refractivity (Wildman–Crippen MR) is 102 cm³/mol. The van der Waals surface area contributed by atoms with Crippen molar-refractivity contribution in [3.8, 4) is 0 Å². The van der Waals surface area contributed by atoms with Crippen molar-refractivity contribution < 1.29 is 22.8 Å². The number of imidazole rings is 1. The molecule has 29 heavy (non-hydrogen) atoms. The van der Waals surface area contributed by atoms with E-state index in [1.165, 1.54) is 24.4 Å². The first-order valence-electron chi connectivity index (χ1n) is 8.59. The Morgan fingerprint density at radius 2 is 1.72 bits per heavy atom. The highest BCUT2D eigenvalue weighted by Crippen LogP contribution is 2.29. The van der Waals surface area contributed by atoms with Gasteiger partial charge in [-0.15, -0.1) is 0 Å².